The Morgan fingerprint density at radius 2 is 0.958 bits per heavy atom. The van der Waals surface area contributed by atoms with Gasteiger partial charge < -0.3 is 14.2 Å². The molecule has 0 aliphatic heterocycles. The zero-order valence-electron chi connectivity index (χ0n) is 12.3. The fourth-order valence-electron chi connectivity index (χ4n) is 1.29. The summed E-state index contributed by atoms with van der Waals surface area (Å²) in [7, 11) is 0. The Balaban J connectivity index is 5.01. The van der Waals surface area contributed by atoms with Crippen molar-refractivity contribution in [2.45, 2.75) is 27.9 Å². The third-order valence-electron chi connectivity index (χ3n) is 2.85. The van der Waals surface area contributed by atoms with Crippen LogP contribution in [0.2, 0.25) is 0 Å². The maximum absolute atomic E-state index is 11.4. The first-order chi connectivity index (χ1) is 11.0. The second kappa shape index (κ2) is 11.7. The van der Waals surface area contributed by atoms with E-state index < -0.39 is 37.8 Å². The van der Waals surface area contributed by atoms with E-state index in [1.54, 1.807) is 6.92 Å². The number of ether oxygens (including phenoxy) is 3. The zero-order valence-corrected chi connectivity index (χ0v) is 16.8. The molecule has 0 rings (SSSR count). The molecule has 6 nitrogen and oxygen atoms in total. The number of esters is 3. The largest absolute Gasteiger partial charge is 0.463 e. The third kappa shape index (κ3) is 9.02. The predicted molar refractivity (Wildman–Crippen MR) is 92.1 cm³/mol. The average Bonchev–Trinajstić information content (AvgIpc) is 2.53. The van der Waals surface area contributed by atoms with Crippen molar-refractivity contribution in [1.82, 2.24) is 0 Å². The lowest BCUT2D eigenvalue weighted by Crippen LogP contribution is -2.40. The quantitative estimate of drug-likeness (QED) is 0.279. The molecule has 0 bridgehead atoms. The highest BCUT2D eigenvalue weighted by molar-refractivity contribution is 6.53. The maximum atomic E-state index is 11.4. The van der Waals surface area contributed by atoms with E-state index in [-0.39, 0.29) is 26.2 Å². The van der Waals surface area contributed by atoms with Crippen LogP contribution >= 0.6 is 69.6 Å². The summed E-state index contributed by atoms with van der Waals surface area (Å²) < 4.78 is 14.8. The topological polar surface area (TPSA) is 78.9 Å². The Morgan fingerprint density at radius 3 is 1.12 bits per heavy atom. The van der Waals surface area contributed by atoms with E-state index in [4.69, 9.17) is 83.8 Å². The first kappa shape index (κ1) is 24.1. The summed E-state index contributed by atoms with van der Waals surface area (Å²) >= 11 is 32.3. The van der Waals surface area contributed by atoms with Crippen LogP contribution in [0.4, 0.5) is 0 Å². The lowest BCUT2D eigenvalue weighted by atomic mass is 9.88. The Hall–Kier alpha value is 0.150. The van der Waals surface area contributed by atoms with Gasteiger partial charge >= 0.3 is 17.9 Å². The van der Waals surface area contributed by atoms with Gasteiger partial charge in [0, 0.05) is 0 Å². The number of halogens is 6. The van der Waals surface area contributed by atoms with Crippen LogP contribution in [0.5, 0.6) is 0 Å². The molecule has 0 aromatic carbocycles. The van der Waals surface area contributed by atoms with Crippen LogP contribution in [0.1, 0.15) is 13.3 Å². The van der Waals surface area contributed by atoms with Gasteiger partial charge in [-0.05, 0) is 6.42 Å². The van der Waals surface area contributed by atoms with Gasteiger partial charge in [0.2, 0.25) is 14.5 Å². The molecular weight excluding hydrogens is 453 g/mol. The molecule has 0 unspecified atom stereocenters. The van der Waals surface area contributed by atoms with Gasteiger partial charge in [0.05, 0.1) is 5.41 Å². The molecule has 0 aliphatic carbocycles. The molecule has 0 atom stereocenters. The highest BCUT2D eigenvalue weighted by atomic mass is 35.5. The molecule has 0 spiro atoms. The number of rotatable bonds is 10. The minimum Gasteiger partial charge on any atom is -0.463 e. The Labute approximate surface area is 168 Å². The van der Waals surface area contributed by atoms with Crippen LogP contribution in [0.15, 0.2) is 0 Å². The first-order valence-corrected chi connectivity index (χ1v) is 9.01. The van der Waals surface area contributed by atoms with Crippen LogP contribution < -0.4 is 0 Å². The van der Waals surface area contributed by atoms with Gasteiger partial charge in [0.25, 0.3) is 0 Å². The van der Waals surface area contributed by atoms with Crippen LogP contribution in [0, 0.1) is 5.41 Å². The minimum absolute atomic E-state index is 0.278. The number of hydrogen-bond acceptors (Lipinski definition) is 6. The molecule has 0 fully saturated rings. The van der Waals surface area contributed by atoms with E-state index in [0.29, 0.717) is 0 Å². The molecule has 140 valence electrons. The predicted octanol–water partition coefficient (Wildman–Crippen LogP) is 3.42. The van der Waals surface area contributed by atoms with Crippen molar-refractivity contribution in [2.24, 2.45) is 5.41 Å². The summed E-state index contributed by atoms with van der Waals surface area (Å²) in [5.41, 5.74) is -1.09. The van der Waals surface area contributed by atoms with Crippen molar-refractivity contribution < 1.29 is 28.6 Å². The van der Waals surface area contributed by atoms with Crippen molar-refractivity contribution in [3.63, 3.8) is 0 Å². The molecule has 0 aromatic heterocycles. The van der Waals surface area contributed by atoms with Crippen molar-refractivity contribution >= 4 is 87.5 Å². The van der Waals surface area contributed by atoms with Gasteiger partial charge in [-0.2, -0.15) is 0 Å². The molecule has 0 radical (unpaired) electrons. The van der Waals surface area contributed by atoms with Crippen LogP contribution in [-0.2, 0) is 28.6 Å². The molecule has 12 heteroatoms. The van der Waals surface area contributed by atoms with Crippen molar-refractivity contribution in [1.29, 1.82) is 0 Å². The van der Waals surface area contributed by atoms with E-state index in [9.17, 15) is 14.4 Å². The molecule has 0 saturated heterocycles. The van der Waals surface area contributed by atoms with Crippen molar-refractivity contribution in [2.75, 3.05) is 19.8 Å². The fourth-order valence-corrected chi connectivity index (χ4v) is 1.67. The molecule has 0 aliphatic rings. The highest BCUT2D eigenvalue weighted by Crippen LogP contribution is 2.26. The first-order valence-electron chi connectivity index (χ1n) is 6.39. The number of carbonyl (C=O) groups excluding carboxylic acids is 3. The van der Waals surface area contributed by atoms with Gasteiger partial charge in [-0.15, -0.1) is 0 Å². The normalized spacial score (nSPS) is 11.8. The molecule has 0 heterocycles. The third-order valence-corrected chi connectivity index (χ3v) is 3.92. The SMILES string of the molecule is CCC(COC(=O)C(Cl)Cl)(COC(=O)C(Cl)Cl)COC(=O)C(Cl)Cl. The van der Waals surface area contributed by atoms with Gasteiger partial charge in [0.1, 0.15) is 19.8 Å². The Bertz CT molecular complexity index is 382. The number of hydrogen-bond donors (Lipinski definition) is 0. The van der Waals surface area contributed by atoms with Gasteiger partial charge in [-0.25, -0.2) is 14.4 Å². The van der Waals surface area contributed by atoms with E-state index in [1.165, 1.54) is 0 Å². The molecular formula is C12H14Cl6O6. The average molecular weight is 467 g/mol. The van der Waals surface area contributed by atoms with E-state index in [2.05, 4.69) is 0 Å². The summed E-state index contributed by atoms with van der Waals surface area (Å²) in [6, 6.07) is 0. The summed E-state index contributed by atoms with van der Waals surface area (Å²) in [5, 5.41) is 0. The minimum atomic E-state index is -1.39. The molecule has 24 heavy (non-hydrogen) atoms. The number of alkyl halides is 6. The summed E-state index contributed by atoms with van der Waals surface area (Å²) in [6.07, 6.45) is 0.278. The monoisotopic (exact) mass is 464 g/mol. The van der Waals surface area contributed by atoms with Crippen LogP contribution in [0.25, 0.3) is 0 Å². The van der Waals surface area contributed by atoms with Crippen LogP contribution in [0.3, 0.4) is 0 Å². The number of carbonyl (C=O) groups is 3. The highest BCUT2D eigenvalue weighted by Gasteiger charge is 2.36. The van der Waals surface area contributed by atoms with E-state index in [1.807, 2.05) is 0 Å². The second-order valence-electron chi connectivity index (χ2n) is 4.58. The Kier molecular flexibility index (Phi) is 11.8. The maximum Gasteiger partial charge on any atom is 0.339 e. The van der Waals surface area contributed by atoms with Gasteiger partial charge in [-0.1, -0.05) is 76.5 Å². The smallest absolute Gasteiger partial charge is 0.339 e. The molecule has 0 N–H and O–H groups in total. The zero-order chi connectivity index (χ0) is 18.9. The second-order valence-corrected chi connectivity index (χ2v) is 7.87. The fraction of sp³-hybridized carbons (Fsp3) is 0.750. The van der Waals surface area contributed by atoms with Gasteiger partial charge in [-0.3, -0.25) is 0 Å². The summed E-state index contributed by atoms with van der Waals surface area (Å²) in [5.74, 6) is -2.73. The lowest BCUT2D eigenvalue weighted by molar-refractivity contribution is -0.160. The molecule has 0 aromatic rings. The van der Waals surface area contributed by atoms with Gasteiger partial charge in [0.15, 0.2) is 0 Å². The standard InChI is InChI=1S/C12H14Cl6O6/c1-2-12(3-22-9(19)6(13)14,4-23-10(20)7(15)16)5-24-11(21)8(17)18/h6-8H,2-5H2,1H3. The van der Waals surface area contributed by atoms with Crippen molar-refractivity contribution in [3.05, 3.63) is 0 Å². The Morgan fingerprint density at radius 1 is 0.708 bits per heavy atom. The summed E-state index contributed by atoms with van der Waals surface area (Å²) in [6.45, 7) is 0.780. The molecule has 0 amide bonds. The van der Waals surface area contributed by atoms with E-state index in [0.717, 1.165) is 0 Å². The van der Waals surface area contributed by atoms with Crippen LogP contribution in [-0.4, -0.2) is 52.2 Å². The summed E-state index contributed by atoms with van der Waals surface area (Å²) in [4.78, 5) is 30.1. The lowest BCUT2D eigenvalue weighted by Gasteiger charge is -2.31. The van der Waals surface area contributed by atoms with Crippen molar-refractivity contribution in [3.8, 4) is 0 Å². The van der Waals surface area contributed by atoms with E-state index >= 15 is 0 Å². The molecule has 0 saturated carbocycles.